The van der Waals surface area contributed by atoms with Gasteiger partial charge in [-0.2, -0.15) is 13.2 Å². The van der Waals surface area contributed by atoms with E-state index < -0.39 is 12.7 Å². The number of methoxy groups -OCH3 is 1. The molecule has 42 heavy (non-hydrogen) atoms. The predicted octanol–water partition coefficient (Wildman–Crippen LogP) is 4.55. The van der Waals surface area contributed by atoms with Crippen molar-refractivity contribution in [2.45, 2.75) is 39.5 Å². The minimum absolute atomic E-state index is 0.0264. The Balaban J connectivity index is 1.48. The number of aryl methyl sites for hydroxylation is 1. The lowest BCUT2D eigenvalue weighted by Crippen LogP contribution is -2.49. The van der Waals surface area contributed by atoms with Gasteiger partial charge in [0.15, 0.2) is 0 Å². The minimum Gasteiger partial charge on any atom is -0.496 e. The highest BCUT2D eigenvalue weighted by Crippen LogP contribution is 2.33. The third-order valence-electron chi connectivity index (χ3n) is 7.78. The molecule has 1 fully saturated rings. The summed E-state index contributed by atoms with van der Waals surface area (Å²) in [7, 11) is 1.47. The number of aromatic nitrogens is 3. The largest absolute Gasteiger partial charge is 0.496 e. The number of hydrogen-bond donors (Lipinski definition) is 2. The Kier molecular flexibility index (Phi) is 8.44. The molecular formula is C29H33F3N6O3S. The van der Waals surface area contributed by atoms with E-state index in [9.17, 15) is 22.8 Å². The molecule has 1 atom stereocenters. The summed E-state index contributed by atoms with van der Waals surface area (Å²) >= 11 is 1.51. The Hall–Kier alpha value is -3.68. The van der Waals surface area contributed by atoms with Gasteiger partial charge in [-0.15, -0.1) is 11.3 Å². The molecule has 4 aromatic rings. The quantitative estimate of drug-likeness (QED) is 0.308. The van der Waals surface area contributed by atoms with Crippen molar-refractivity contribution < 1.29 is 22.7 Å². The highest BCUT2D eigenvalue weighted by Gasteiger charge is 2.34. The Labute approximate surface area is 244 Å². The number of rotatable bonds is 8. The fourth-order valence-corrected chi connectivity index (χ4v) is 6.26. The zero-order valence-corrected chi connectivity index (χ0v) is 24.7. The molecule has 1 aliphatic rings. The van der Waals surface area contributed by atoms with Crippen LogP contribution in [0.5, 0.6) is 5.75 Å². The third-order valence-corrected chi connectivity index (χ3v) is 8.60. The topological polar surface area (TPSA) is 95.0 Å². The van der Waals surface area contributed by atoms with Crippen molar-refractivity contribution in [3.63, 3.8) is 0 Å². The minimum atomic E-state index is -4.23. The van der Waals surface area contributed by atoms with E-state index in [1.807, 2.05) is 32.2 Å². The maximum absolute atomic E-state index is 13.6. The molecule has 0 spiro atoms. The van der Waals surface area contributed by atoms with Crippen molar-refractivity contribution in [1.82, 2.24) is 29.5 Å². The molecule has 5 heterocycles. The maximum atomic E-state index is 13.6. The molecule has 224 valence electrons. The second kappa shape index (κ2) is 11.9. The first-order valence-electron chi connectivity index (χ1n) is 13.6. The lowest BCUT2D eigenvalue weighted by atomic mass is 10.0. The average molecular weight is 603 g/mol. The molecule has 0 bridgehead atoms. The Bertz CT molecular complexity index is 1640. The van der Waals surface area contributed by atoms with Crippen molar-refractivity contribution in [2.24, 2.45) is 0 Å². The number of thiazole rings is 1. The fraction of sp³-hybridized carbons (Fsp3) is 0.414. The fourth-order valence-electron chi connectivity index (χ4n) is 5.65. The molecule has 13 heteroatoms. The molecule has 1 unspecified atom stereocenters. The Morgan fingerprint density at radius 2 is 1.93 bits per heavy atom. The highest BCUT2D eigenvalue weighted by atomic mass is 32.1. The zero-order valence-electron chi connectivity index (χ0n) is 23.8. The third kappa shape index (κ3) is 6.22. The van der Waals surface area contributed by atoms with Crippen molar-refractivity contribution in [1.29, 1.82) is 0 Å². The number of carbonyl (C=O) groups excluding carboxylic acids is 1. The molecular weight excluding hydrogens is 569 g/mol. The number of amides is 1. The molecule has 1 saturated heterocycles. The molecule has 5 rings (SSSR count). The van der Waals surface area contributed by atoms with E-state index in [0.717, 1.165) is 27.2 Å². The van der Waals surface area contributed by atoms with E-state index in [4.69, 9.17) is 4.74 Å². The number of nitrogens with zero attached hydrogens (tertiary/aromatic N) is 4. The summed E-state index contributed by atoms with van der Waals surface area (Å²) in [5.74, 6) is 0.0458. The number of nitrogens with one attached hydrogen (secondary N) is 2. The van der Waals surface area contributed by atoms with Crippen LogP contribution in [0, 0.1) is 13.8 Å². The van der Waals surface area contributed by atoms with Crippen LogP contribution in [0.2, 0.25) is 0 Å². The molecule has 0 radical (unpaired) electrons. The smallest absolute Gasteiger partial charge is 0.401 e. The first-order valence-corrected chi connectivity index (χ1v) is 14.5. The summed E-state index contributed by atoms with van der Waals surface area (Å²) in [5, 5.41) is 2.88. The Morgan fingerprint density at radius 3 is 2.57 bits per heavy atom. The lowest BCUT2D eigenvalue weighted by Gasteiger charge is -2.39. The van der Waals surface area contributed by atoms with Crippen LogP contribution < -0.4 is 15.6 Å². The second-order valence-corrected chi connectivity index (χ2v) is 11.5. The number of pyridine rings is 2. The van der Waals surface area contributed by atoms with E-state index >= 15 is 0 Å². The van der Waals surface area contributed by atoms with Crippen LogP contribution in [-0.4, -0.2) is 76.1 Å². The summed E-state index contributed by atoms with van der Waals surface area (Å²) in [5.41, 5.74) is 6.23. The number of alkyl halides is 3. The van der Waals surface area contributed by atoms with Crippen LogP contribution >= 0.6 is 11.3 Å². The van der Waals surface area contributed by atoms with E-state index in [0.29, 0.717) is 48.7 Å². The van der Waals surface area contributed by atoms with Crippen molar-refractivity contribution in [3.05, 3.63) is 74.5 Å². The van der Waals surface area contributed by atoms with Gasteiger partial charge in [-0.3, -0.25) is 24.4 Å². The monoisotopic (exact) mass is 602 g/mol. The summed E-state index contributed by atoms with van der Waals surface area (Å²) in [6, 6.07) is 5.34. The first kappa shape index (κ1) is 29.8. The molecule has 0 aromatic carbocycles. The van der Waals surface area contributed by atoms with Crippen molar-refractivity contribution >= 4 is 22.8 Å². The number of ether oxygens (including phenoxy) is 1. The average Bonchev–Trinajstić information content (AvgIpc) is 3.61. The number of H-pyrrole nitrogens is 1. The zero-order chi connectivity index (χ0) is 30.2. The van der Waals surface area contributed by atoms with Gasteiger partial charge in [0.1, 0.15) is 5.75 Å². The summed E-state index contributed by atoms with van der Waals surface area (Å²) in [4.78, 5) is 37.7. The van der Waals surface area contributed by atoms with E-state index in [1.54, 1.807) is 24.7 Å². The van der Waals surface area contributed by atoms with Gasteiger partial charge < -0.3 is 19.4 Å². The SMILES string of the molecule is COc1cc(C)[nH]c(=O)c1CNC(=O)c1cc2cc(-c3cncs3)cn2c(C(C)N2CCN(CC(F)(F)F)CC2)c1C. The van der Waals surface area contributed by atoms with Gasteiger partial charge in [0.05, 0.1) is 36.2 Å². The van der Waals surface area contributed by atoms with Gasteiger partial charge >= 0.3 is 6.18 Å². The number of halogens is 3. The number of fused-ring (bicyclic) bond motifs is 1. The van der Waals surface area contributed by atoms with E-state index in [2.05, 4.69) is 24.6 Å². The second-order valence-electron chi connectivity index (χ2n) is 10.6. The molecule has 1 amide bonds. The van der Waals surface area contributed by atoms with Crippen LogP contribution in [0.3, 0.4) is 0 Å². The van der Waals surface area contributed by atoms with Gasteiger partial charge in [0, 0.05) is 72.6 Å². The molecule has 0 aliphatic carbocycles. The normalized spacial score (nSPS) is 15.7. The summed E-state index contributed by atoms with van der Waals surface area (Å²) in [6.45, 7) is 6.24. The summed E-state index contributed by atoms with van der Waals surface area (Å²) < 4.78 is 46.3. The van der Waals surface area contributed by atoms with Crippen LogP contribution in [0.4, 0.5) is 13.2 Å². The highest BCUT2D eigenvalue weighted by molar-refractivity contribution is 7.13. The Morgan fingerprint density at radius 1 is 1.19 bits per heavy atom. The van der Waals surface area contributed by atoms with Crippen LogP contribution in [-0.2, 0) is 6.54 Å². The van der Waals surface area contributed by atoms with Crippen LogP contribution in [0.15, 0.2) is 40.9 Å². The van der Waals surface area contributed by atoms with Gasteiger partial charge in [0.25, 0.3) is 11.5 Å². The first-order chi connectivity index (χ1) is 19.9. The maximum Gasteiger partial charge on any atom is 0.401 e. The van der Waals surface area contributed by atoms with Gasteiger partial charge in [0.2, 0.25) is 0 Å². The van der Waals surface area contributed by atoms with Gasteiger partial charge in [-0.25, -0.2) is 0 Å². The van der Waals surface area contributed by atoms with E-state index in [1.165, 1.54) is 23.3 Å². The number of piperazine rings is 1. The standard InChI is InChI=1S/C29H33F3N6O3S/c1-17-9-24(41-4)23(28(40)35-17)12-34-27(39)22-11-21-10-20(25-13-33-16-42-25)14-38(21)26(18(22)2)19(3)37-7-5-36(6-8-37)15-29(30,31)32/h9-11,13-14,16,19H,5-8,12,15H2,1-4H3,(H,34,39)(H,35,40). The predicted molar refractivity (Wildman–Crippen MR) is 155 cm³/mol. The van der Waals surface area contributed by atoms with Gasteiger partial charge in [-0.1, -0.05) is 0 Å². The molecule has 0 saturated carbocycles. The van der Waals surface area contributed by atoms with Crippen molar-refractivity contribution in [3.8, 4) is 16.2 Å². The molecule has 9 nitrogen and oxygen atoms in total. The van der Waals surface area contributed by atoms with Gasteiger partial charge in [-0.05, 0) is 44.5 Å². The number of hydrogen-bond acceptors (Lipinski definition) is 7. The number of aromatic amines is 1. The van der Waals surface area contributed by atoms with E-state index in [-0.39, 0.29) is 24.1 Å². The molecule has 2 N–H and O–H groups in total. The molecule has 1 aliphatic heterocycles. The van der Waals surface area contributed by atoms with Crippen molar-refractivity contribution in [2.75, 3.05) is 39.8 Å². The molecule has 4 aromatic heterocycles. The van der Waals surface area contributed by atoms with Crippen LogP contribution in [0.25, 0.3) is 16.0 Å². The lowest BCUT2D eigenvalue weighted by molar-refractivity contribution is -0.149. The number of carbonyl (C=O) groups is 1. The van der Waals surface area contributed by atoms with Crippen LogP contribution in [0.1, 0.15) is 45.8 Å². The summed E-state index contributed by atoms with van der Waals surface area (Å²) in [6.07, 6.45) is -0.431.